The fourth-order valence-electron chi connectivity index (χ4n) is 3.16. The van der Waals surface area contributed by atoms with E-state index >= 15 is 0 Å². The van der Waals surface area contributed by atoms with Gasteiger partial charge in [-0.25, -0.2) is 0 Å². The summed E-state index contributed by atoms with van der Waals surface area (Å²) < 4.78 is 0. The first-order chi connectivity index (χ1) is 11.3. The van der Waals surface area contributed by atoms with Crippen molar-refractivity contribution in [3.05, 3.63) is 21.4 Å². The molecule has 132 valence electrons. The number of hydrogen-bond acceptors (Lipinski definition) is 4. The zero-order valence-corrected chi connectivity index (χ0v) is 15.7. The van der Waals surface area contributed by atoms with Crippen molar-refractivity contribution < 1.29 is 14.4 Å². The lowest BCUT2D eigenvalue weighted by Gasteiger charge is -2.32. The van der Waals surface area contributed by atoms with E-state index in [1.165, 1.54) is 0 Å². The molecule has 24 heavy (non-hydrogen) atoms. The first-order valence-corrected chi connectivity index (χ1v) is 9.20. The molecule has 5 nitrogen and oxygen atoms in total. The molecule has 1 fully saturated rings. The van der Waals surface area contributed by atoms with E-state index in [4.69, 9.17) is 0 Å². The monoisotopic (exact) mass is 350 g/mol. The minimum Gasteiger partial charge on any atom is -0.349 e. The van der Waals surface area contributed by atoms with Gasteiger partial charge in [-0.2, -0.15) is 0 Å². The molecule has 1 aromatic rings. The number of Topliss-reactive ketones (excluding diaryl/α,β-unsaturated/α-hetero) is 1. The molecule has 0 aliphatic carbocycles. The summed E-state index contributed by atoms with van der Waals surface area (Å²) in [4.78, 5) is 42.1. The molecule has 2 amide bonds. The number of piperidine rings is 1. The number of carbonyl (C=O) groups is 3. The van der Waals surface area contributed by atoms with Crippen LogP contribution in [0.25, 0.3) is 0 Å². The summed E-state index contributed by atoms with van der Waals surface area (Å²) in [6, 6.07) is 1.91. The number of hydrogen-bond donors (Lipinski definition) is 0. The zero-order valence-electron chi connectivity index (χ0n) is 14.9. The second-order valence-corrected chi connectivity index (χ2v) is 8.10. The van der Waals surface area contributed by atoms with Crippen molar-refractivity contribution >= 4 is 28.9 Å². The molecule has 1 aliphatic heterocycles. The summed E-state index contributed by atoms with van der Waals surface area (Å²) in [7, 11) is 3.53. The van der Waals surface area contributed by atoms with Crippen LogP contribution in [-0.4, -0.2) is 54.6 Å². The van der Waals surface area contributed by atoms with Crippen molar-refractivity contribution in [1.29, 1.82) is 0 Å². The van der Waals surface area contributed by atoms with Gasteiger partial charge < -0.3 is 9.80 Å². The third-order valence-electron chi connectivity index (χ3n) is 4.54. The molecule has 0 radical (unpaired) electrons. The van der Waals surface area contributed by atoms with Gasteiger partial charge in [-0.3, -0.25) is 14.4 Å². The van der Waals surface area contributed by atoms with Crippen LogP contribution in [0.15, 0.2) is 6.07 Å². The molecule has 6 heteroatoms. The lowest BCUT2D eigenvalue weighted by Crippen LogP contribution is -2.42. The van der Waals surface area contributed by atoms with Gasteiger partial charge in [-0.15, -0.1) is 11.3 Å². The molecule has 0 atom stereocenters. The maximum absolute atomic E-state index is 12.3. The highest BCUT2D eigenvalue weighted by Gasteiger charge is 2.28. The molecule has 0 N–H and O–H groups in total. The van der Waals surface area contributed by atoms with E-state index in [1.54, 1.807) is 35.2 Å². The Morgan fingerprint density at radius 1 is 1.17 bits per heavy atom. The van der Waals surface area contributed by atoms with Crippen LogP contribution < -0.4 is 0 Å². The quantitative estimate of drug-likeness (QED) is 0.767. The Morgan fingerprint density at radius 2 is 1.79 bits per heavy atom. The average molecular weight is 350 g/mol. The maximum atomic E-state index is 12.3. The normalized spacial score (nSPS) is 15.4. The van der Waals surface area contributed by atoms with Crippen molar-refractivity contribution in [3.8, 4) is 0 Å². The lowest BCUT2D eigenvalue weighted by atomic mass is 9.95. The zero-order chi connectivity index (χ0) is 17.9. The van der Waals surface area contributed by atoms with E-state index in [1.807, 2.05) is 19.9 Å². The number of nitrogens with zero attached hydrogens (tertiary/aromatic N) is 2. The van der Waals surface area contributed by atoms with E-state index < -0.39 is 0 Å². The minimum absolute atomic E-state index is 0.0158. The topological polar surface area (TPSA) is 57.7 Å². The number of amides is 2. The van der Waals surface area contributed by atoms with Crippen molar-refractivity contribution in [2.24, 2.45) is 5.92 Å². The molecule has 1 aliphatic rings. The molecule has 0 spiro atoms. The van der Waals surface area contributed by atoms with Crippen molar-refractivity contribution in [2.75, 3.05) is 27.2 Å². The molecular formula is C18H26N2O3S. The predicted octanol–water partition coefficient (Wildman–Crippen LogP) is 2.65. The van der Waals surface area contributed by atoms with Crippen LogP contribution in [0.2, 0.25) is 0 Å². The smallest absolute Gasteiger partial charge is 0.225 e. The van der Waals surface area contributed by atoms with Crippen molar-refractivity contribution in [3.63, 3.8) is 0 Å². The van der Waals surface area contributed by atoms with E-state index in [0.29, 0.717) is 25.9 Å². The number of carbonyl (C=O) groups excluding carboxylic acids is 3. The summed E-state index contributed by atoms with van der Waals surface area (Å²) in [5.74, 6) is 0.217. The molecule has 1 aromatic heterocycles. The van der Waals surface area contributed by atoms with Gasteiger partial charge in [0.25, 0.3) is 0 Å². The van der Waals surface area contributed by atoms with Crippen LogP contribution in [0.3, 0.4) is 0 Å². The summed E-state index contributed by atoms with van der Waals surface area (Å²) in [5.41, 5.74) is 0.751. The Balaban J connectivity index is 1.81. The summed E-state index contributed by atoms with van der Waals surface area (Å²) >= 11 is 1.61. The van der Waals surface area contributed by atoms with Crippen LogP contribution in [0, 0.1) is 19.8 Å². The SMILES string of the molecule is Cc1cc(C(=O)CCC(=O)N2CCC(C(=O)N(C)C)CC2)c(C)s1. The number of thiophene rings is 1. The van der Waals surface area contributed by atoms with Gasteiger partial charge in [0.2, 0.25) is 11.8 Å². The fourth-order valence-corrected chi connectivity index (χ4v) is 4.10. The largest absolute Gasteiger partial charge is 0.349 e. The number of rotatable bonds is 5. The van der Waals surface area contributed by atoms with Crippen molar-refractivity contribution in [1.82, 2.24) is 9.80 Å². The molecule has 2 heterocycles. The van der Waals surface area contributed by atoms with Crippen LogP contribution in [0.5, 0.6) is 0 Å². The number of likely N-dealkylation sites (tertiary alicyclic amines) is 1. The van der Waals surface area contributed by atoms with E-state index in [-0.39, 0.29) is 36.4 Å². The Hall–Kier alpha value is -1.69. The fraction of sp³-hybridized carbons (Fsp3) is 0.611. The highest BCUT2D eigenvalue weighted by atomic mass is 32.1. The first kappa shape index (κ1) is 18.6. The van der Waals surface area contributed by atoms with Gasteiger partial charge in [0.05, 0.1) is 0 Å². The van der Waals surface area contributed by atoms with Gasteiger partial charge in [0, 0.05) is 61.3 Å². The Labute approximate surface area is 147 Å². The number of ketones is 1. The van der Waals surface area contributed by atoms with Gasteiger partial charge in [0.15, 0.2) is 5.78 Å². The highest BCUT2D eigenvalue weighted by molar-refractivity contribution is 7.12. The molecule has 2 rings (SSSR count). The third kappa shape index (κ3) is 4.44. The molecule has 0 bridgehead atoms. The number of aryl methyl sites for hydroxylation is 2. The highest BCUT2D eigenvalue weighted by Crippen LogP contribution is 2.23. The molecule has 0 aromatic carbocycles. The minimum atomic E-state index is 0.0158. The summed E-state index contributed by atoms with van der Waals surface area (Å²) in [6.45, 7) is 5.14. The first-order valence-electron chi connectivity index (χ1n) is 8.38. The Kier molecular flexibility index (Phi) is 6.15. The van der Waals surface area contributed by atoms with Gasteiger partial charge in [0.1, 0.15) is 0 Å². The van der Waals surface area contributed by atoms with Gasteiger partial charge in [-0.05, 0) is 32.8 Å². The van der Waals surface area contributed by atoms with E-state index in [2.05, 4.69) is 0 Å². The molecule has 0 saturated carbocycles. The molecule has 0 unspecified atom stereocenters. The lowest BCUT2D eigenvalue weighted by molar-refractivity contribution is -0.139. The van der Waals surface area contributed by atoms with E-state index in [9.17, 15) is 14.4 Å². The van der Waals surface area contributed by atoms with Crippen LogP contribution in [0.4, 0.5) is 0 Å². The molecule has 1 saturated heterocycles. The Bertz CT molecular complexity index is 628. The van der Waals surface area contributed by atoms with Crippen LogP contribution in [-0.2, 0) is 9.59 Å². The summed E-state index contributed by atoms with van der Waals surface area (Å²) in [5, 5.41) is 0. The standard InChI is InChI=1S/C18H26N2O3S/c1-12-11-15(13(2)24-12)16(21)5-6-17(22)20-9-7-14(8-10-20)18(23)19(3)4/h11,14H,5-10H2,1-4H3. The molecular weight excluding hydrogens is 324 g/mol. The Morgan fingerprint density at radius 3 is 2.29 bits per heavy atom. The van der Waals surface area contributed by atoms with Crippen molar-refractivity contribution in [2.45, 2.75) is 39.5 Å². The third-order valence-corrected chi connectivity index (χ3v) is 5.51. The van der Waals surface area contributed by atoms with Crippen LogP contribution in [0.1, 0.15) is 45.8 Å². The van der Waals surface area contributed by atoms with Crippen LogP contribution >= 0.6 is 11.3 Å². The van der Waals surface area contributed by atoms with E-state index in [0.717, 1.165) is 15.3 Å². The van der Waals surface area contributed by atoms with Gasteiger partial charge >= 0.3 is 0 Å². The second kappa shape index (κ2) is 7.92. The van der Waals surface area contributed by atoms with Gasteiger partial charge in [-0.1, -0.05) is 0 Å². The second-order valence-electron chi connectivity index (χ2n) is 6.64. The summed E-state index contributed by atoms with van der Waals surface area (Å²) in [6.07, 6.45) is 1.92. The average Bonchev–Trinajstić information content (AvgIpc) is 2.90. The maximum Gasteiger partial charge on any atom is 0.225 e. The predicted molar refractivity (Wildman–Crippen MR) is 95.4 cm³/mol.